The average Bonchev–Trinajstić information content (AvgIpc) is 3.07. The lowest BCUT2D eigenvalue weighted by atomic mass is 10.3. The van der Waals surface area contributed by atoms with Crippen LogP contribution in [0, 0.1) is 11.8 Å². The van der Waals surface area contributed by atoms with E-state index in [2.05, 4.69) is 6.92 Å². The number of carbonyl (C=O) groups excluding carboxylic acids is 1. The second-order valence-corrected chi connectivity index (χ2v) is 5.38. The number of rotatable bonds is 6. The molecule has 4 nitrogen and oxygen atoms in total. The summed E-state index contributed by atoms with van der Waals surface area (Å²) >= 11 is 0. The van der Waals surface area contributed by atoms with Gasteiger partial charge in [-0.1, -0.05) is 19.1 Å². The number of para-hydroxylation sites is 2. The average molecular weight is 262 g/mol. The van der Waals surface area contributed by atoms with Crippen LogP contribution in [0.2, 0.25) is 0 Å². The van der Waals surface area contributed by atoms with Crippen molar-refractivity contribution in [1.29, 1.82) is 0 Å². The SMILES string of the molecule is CC1CC1CN(C)C(=O)CCOc1ccccc1N. The highest BCUT2D eigenvalue weighted by Crippen LogP contribution is 2.37. The topological polar surface area (TPSA) is 55.6 Å². The first-order chi connectivity index (χ1) is 9.08. The number of nitrogens with zero attached hydrogens (tertiary/aromatic N) is 1. The van der Waals surface area contributed by atoms with E-state index in [1.807, 2.05) is 30.1 Å². The lowest BCUT2D eigenvalue weighted by molar-refractivity contribution is -0.130. The van der Waals surface area contributed by atoms with Gasteiger partial charge in [0, 0.05) is 13.6 Å². The first kappa shape index (κ1) is 13.7. The summed E-state index contributed by atoms with van der Waals surface area (Å²) in [5, 5.41) is 0. The van der Waals surface area contributed by atoms with Crippen LogP contribution < -0.4 is 10.5 Å². The van der Waals surface area contributed by atoms with Crippen molar-refractivity contribution in [3.8, 4) is 5.75 Å². The lowest BCUT2D eigenvalue weighted by Gasteiger charge is -2.17. The summed E-state index contributed by atoms with van der Waals surface area (Å²) in [6.07, 6.45) is 1.64. The molecule has 4 heteroatoms. The highest BCUT2D eigenvalue weighted by atomic mass is 16.5. The zero-order chi connectivity index (χ0) is 13.8. The van der Waals surface area contributed by atoms with E-state index in [1.165, 1.54) is 6.42 Å². The Morgan fingerprint density at radius 2 is 2.16 bits per heavy atom. The Morgan fingerprint density at radius 3 is 2.79 bits per heavy atom. The molecule has 2 unspecified atom stereocenters. The van der Waals surface area contributed by atoms with Crippen LogP contribution in [0.3, 0.4) is 0 Å². The van der Waals surface area contributed by atoms with Crippen molar-refractivity contribution in [3.63, 3.8) is 0 Å². The number of anilines is 1. The predicted molar refractivity (Wildman–Crippen MR) is 75.9 cm³/mol. The van der Waals surface area contributed by atoms with Gasteiger partial charge in [0.15, 0.2) is 0 Å². The second kappa shape index (κ2) is 5.95. The van der Waals surface area contributed by atoms with Gasteiger partial charge in [0.05, 0.1) is 18.7 Å². The molecule has 1 saturated carbocycles. The zero-order valence-electron chi connectivity index (χ0n) is 11.6. The van der Waals surface area contributed by atoms with Crippen molar-refractivity contribution in [1.82, 2.24) is 4.90 Å². The fourth-order valence-electron chi connectivity index (χ4n) is 2.16. The summed E-state index contributed by atoms with van der Waals surface area (Å²) in [7, 11) is 1.87. The molecule has 19 heavy (non-hydrogen) atoms. The minimum atomic E-state index is 0.133. The summed E-state index contributed by atoms with van der Waals surface area (Å²) in [5.41, 5.74) is 6.37. The van der Waals surface area contributed by atoms with Crippen molar-refractivity contribution in [3.05, 3.63) is 24.3 Å². The van der Waals surface area contributed by atoms with E-state index in [-0.39, 0.29) is 5.91 Å². The third kappa shape index (κ3) is 3.88. The van der Waals surface area contributed by atoms with E-state index in [1.54, 1.807) is 6.07 Å². The largest absolute Gasteiger partial charge is 0.491 e. The molecular formula is C15H22N2O2. The molecule has 2 rings (SSSR count). The molecule has 2 N–H and O–H groups in total. The van der Waals surface area contributed by atoms with Gasteiger partial charge in [0.1, 0.15) is 5.75 Å². The minimum absolute atomic E-state index is 0.133. The minimum Gasteiger partial charge on any atom is -0.491 e. The van der Waals surface area contributed by atoms with E-state index >= 15 is 0 Å². The molecule has 0 radical (unpaired) electrons. The number of nitrogen functional groups attached to an aromatic ring is 1. The van der Waals surface area contributed by atoms with E-state index in [0.717, 1.165) is 12.5 Å². The van der Waals surface area contributed by atoms with Crippen LogP contribution in [-0.4, -0.2) is 31.0 Å². The first-order valence-electron chi connectivity index (χ1n) is 6.79. The van der Waals surface area contributed by atoms with E-state index in [9.17, 15) is 4.79 Å². The Kier molecular flexibility index (Phi) is 4.30. The normalized spacial score (nSPS) is 20.9. The van der Waals surface area contributed by atoms with Gasteiger partial charge in [-0.25, -0.2) is 0 Å². The highest BCUT2D eigenvalue weighted by molar-refractivity contribution is 5.76. The van der Waals surface area contributed by atoms with Gasteiger partial charge in [-0.3, -0.25) is 4.79 Å². The number of hydrogen-bond acceptors (Lipinski definition) is 3. The molecule has 2 atom stereocenters. The molecule has 1 aromatic rings. The van der Waals surface area contributed by atoms with Crippen LogP contribution in [0.4, 0.5) is 5.69 Å². The monoisotopic (exact) mass is 262 g/mol. The second-order valence-electron chi connectivity index (χ2n) is 5.38. The smallest absolute Gasteiger partial charge is 0.225 e. The molecule has 1 fully saturated rings. The molecule has 0 saturated heterocycles. The third-order valence-electron chi connectivity index (χ3n) is 3.70. The molecule has 1 aliphatic carbocycles. The number of ether oxygens (including phenoxy) is 1. The Labute approximate surface area is 114 Å². The Hall–Kier alpha value is -1.71. The maximum Gasteiger partial charge on any atom is 0.225 e. The number of amides is 1. The molecule has 0 aliphatic heterocycles. The fraction of sp³-hybridized carbons (Fsp3) is 0.533. The Bertz CT molecular complexity index is 448. The summed E-state index contributed by atoms with van der Waals surface area (Å²) < 4.78 is 5.53. The van der Waals surface area contributed by atoms with Crippen LogP contribution in [0.15, 0.2) is 24.3 Å². The van der Waals surface area contributed by atoms with E-state index in [0.29, 0.717) is 30.4 Å². The quantitative estimate of drug-likeness (QED) is 0.799. The van der Waals surface area contributed by atoms with Crippen LogP contribution >= 0.6 is 0 Å². The highest BCUT2D eigenvalue weighted by Gasteiger charge is 2.33. The summed E-state index contributed by atoms with van der Waals surface area (Å²) in [4.78, 5) is 13.7. The van der Waals surface area contributed by atoms with Crippen molar-refractivity contribution in [2.24, 2.45) is 11.8 Å². The summed E-state index contributed by atoms with van der Waals surface area (Å²) in [6, 6.07) is 7.33. The molecule has 0 spiro atoms. The molecule has 1 amide bonds. The van der Waals surface area contributed by atoms with Crippen molar-refractivity contribution >= 4 is 11.6 Å². The van der Waals surface area contributed by atoms with Crippen LogP contribution in [0.5, 0.6) is 5.75 Å². The molecule has 104 valence electrons. The van der Waals surface area contributed by atoms with E-state index < -0.39 is 0 Å². The molecule has 0 aromatic heterocycles. The number of hydrogen-bond donors (Lipinski definition) is 1. The van der Waals surface area contributed by atoms with Gasteiger partial charge < -0.3 is 15.4 Å². The van der Waals surface area contributed by atoms with Crippen LogP contribution in [0.1, 0.15) is 19.8 Å². The molecule has 1 aliphatic rings. The van der Waals surface area contributed by atoms with Gasteiger partial charge in [-0.2, -0.15) is 0 Å². The summed E-state index contributed by atoms with van der Waals surface area (Å²) in [5.74, 6) is 2.25. The zero-order valence-corrected chi connectivity index (χ0v) is 11.6. The van der Waals surface area contributed by atoms with Crippen molar-refractivity contribution in [2.45, 2.75) is 19.8 Å². The van der Waals surface area contributed by atoms with Crippen molar-refractivity contribution < 1.29 is 9.53 Å². The summed E-state index contributed by atoms with van der Waals surface area (Å²) in [6.45, 7) is 3.47. The predicted octanol–water partition coefficient (Wildman–Crippen LogP) is 2.15. The first-order valence-corrected chi connectivity index (χ1v) is 6.79. The molecule has 1 aromatic carbocycles. The van der Waals surface area contributed by atoms with Gasteiger partial charge >= 0.3 is 0 Å². The van der Waals surface area contributed by atoms with Gasteiger partial charge in [0.2, 0.25) is 5.91 Å². The maximum absolute atomic E-state index is 11.9. The molecule has 0 heterocycles. The van der Waals surface area contributed by atoms with Crippen molar-refractivity contribution in [2.75, 3.05) is 25.9 Å². The standard InChI is InChI=1S/C15H22N2O2/c1-11-9-12(11)10-17(2)15(18)7-8-19-14-6-4-3-5-13(14)16/h3-6,11-12H,7-10,16H2,1-2H3. The third-order valence-corrected chi connectivity index (χ3v) is 3.70. The fourth-order valence-corrected chi connectivity index (χ4v) is 2.16. The van der Waals surface area contributed by atoms with Gasteiger partial charge in [-0.15, -0.1) is 0 Å². The maximum atomic E-state index is 11.9. The number of carbonyl (C=O) groups is 1. The number of benzene rings is 1. The van der Waals surface area contributed by atoms with Gasteiger partial charge in [0.25, 0.3) is 0 Å². The Balaban J connectivity index is 1.70. The molecule has 0 bridgehead atoms. The molecular weight excluding hydrogens is 240 g/mol. The van der Waals surface area contributed by atoms with Crippen LogP contribution in [0.25, 0.3) is 0 Å². The van der Waals surface area contributed by atoms with Crippen LogP contribution in [-0.2, 0) is 4.79 Å². The number of nitrogens with two attached hydrogens (primary N) is 1. The lowest BCUT2D eigenvalue weighted by Crippen LogP contribution is -2.30. The Morgan fingerprint density at radius 1 is 1.47 bits per heavy atom. The van der Waals surface area contributed by atoms with E-state index in [4.69, 9.17) is 10.5 Å². The van der Waals surface area contributed by atoms with Gasteiger partial charge in [-0.05, 0) is 30.4 Å².